The Labute approximate surface area is 206 Å². The van der Waals surface area contributed by atoms with E-state index in [0.29, 0.717) is 22.6 Å². The number of anilines is 1. The second-order valence-electron chi connectivity index (χ2n) is 7.94. The summed E-state index contributed by atoms with van der Waals surface area (Å²) in [5, 5.41) is 11.4. The first-order valence-corrected chi connectivity index (χ1v) is 11.7. The van der Waals surface area contributed by atoms with Gasteiger partial charge in [0, 0.05) is 5.56 Å². The second-order valence-corrected chi connectivity index (χ2v) is 8.92. The lowest BCUT2D eigenvalue weighted by Crippen LogP contribution is -2.29. The summed E-state index contributed by atoms with van der Waals surface area (Å²) in [4.78, 5) is 44.8. The molecule has 1 fully saturated rings. The van der Waals surface area contributed by atoms with Gasteiger partial charge in [-0.25, -0.2) is 9.78 Å². The fourth-order valence-corrected chi connectivity index (χ4v) is 4.88. The lowest BCUT2D eigenvalue weighted by molar-refractivity contribution is -0.132. The average molecular weight is 493 g/mol. The molecule has 1 amide bonds. The Bertz CT molecular complexity index is 1340. The first-order valence-electron chi connectivity index (χ1n) is 10.9. The number of aliphatic hydroxyl groups is 1. The monoisotopic (exact) mass is 492 g/mol. The van der Waals surface area contributed by atoms with Crippen LogP contribution < -0.4 is 9.64 Å². The van der Waals surface area contributed by atoms with Crippen molar-refractivity contribution in [2.45, 2.75) is 26.8 Å². The molecular weight excluding hydrogens is 468 g/mol. The molecule has 0 bridgehead atoms. The van der Waals surface area contributed by atoms with Gasteiger partial charge in [0.25, 0.3) is 5.78 Å². The fourth-order valence-electron chi connectivity index (χ4n) is 3.89. The van der Waals surface area contributed by atoms with Crippen molar-refractivity contribution >= 4 is 39.9 Å². The molecule has 1 aliphatic rings. The van der Waals surface area contributed by atoms with Gasteiger partial charge in [-0.2, -0.15) is 0 Å². The minimum Gasteiger partial charge on any atom is -0.507 e. The Hall–Kier alpha value is -3.98. The van der Waals surface area contributed by atoms with Crippen LogP contribution in [0.15, 0.2) is 54.1 Å². The summed E-state index contributed by atoms with van der Waals surface area (Å²) < 4.78 is 10.3. The zero-order valence-electron chi connectivity index (χ0n) is 19.7. The summed E-state index contributed by atoms with van der Waals surface area (Å²) in [5.41, 5.74) is 2.26. The summed E-state index contributed by atoms with van der Waals surface area (Å²) in [6.07, 6.45) is 0. The molecule has 1 aromatic heterocycles. The van der Waals surface area contributed by atoms with E-state index in [-0.39, 0.29) is 27.9 Å². The van der Waals surface area contributed by atoms with E-state index in [2.05, 4.69) is 4.98 Å². The van der Waals surface area contributed by atoms with Crippen molar-refractivity contribution in [2.24, 2.45) is 0 Å². The first-order chi connectivity index (χ1) is 16.8. The van der Waals surface area contributed by atoms with Crippen LogP contribution in [-0.4, -0.2) is 41.5 Å². The smallest absolute Gasteiger partial charge is 0.350 e. The molecule has 35 heavy (non-hydrogen) atoms. The molecule has 8 nitrogen and oxygen atoms in total. The van der Waals surface area contributed by atoms with Gasteiger partial charge in [-0.15, -0.1) is 0 Å². The van der Waals surface area contributed by atoms with E-state index in [1.165, 1.54) is 12.0 Å². The lowest BCUT2D eigenvalue weighted by atomic mass is 9.95. The van der Waals surface area contributed by atoms with Crippen molar-refractivity contribution < 1.29 is 29.0 Å². The van der Waals surface area contributed by atoms with E-state index in [1.807, 2.05) is 19.1 Å². The van der Waals surface area contributed by atoms with Crippen LogP contribution in [0.3, 0.4) is 0 Å². The van der Waals surface area contributed by atoms with Gasteiger partial charge in [-0.05, 0) is 38.5 Å². The molecule has 1 saturated heterocycles. The van der Waals surface area contributed by atoms with Crippen molar-refractivity contribution in [1.29, 1.82) is 0 Å². The Morgan fingerprint density at radius 3 is 2.51 bits per heavy atom. The highest BCUT2D eigenvalue weighted by molar-refractivity contribution is 7.17. The maximum atomic E-state index is 13.3. The number of benzene rings is 2. The number of aromatic nitrogens is 1. The third-order valence-electron chi connectivity index (χ3n) is 5.63. The van der Waals surface area contributed by atoms with Gasteiger partial charge in [-0.3, -0.25) is 14.5 Å². The van der Waals surface area contributed by atoms with Gasteiger partial charge in [0.1, 0.15) is 16.4 Å². The van der Waals surface area contributed by atoms with Crippen LogP contribution in [0.4, 0.5) is 5.13 Å². The molecular formula is C26H24N2O6S. The summed E-state index contributed by atoms with van der Waals surface area (Å²) in [6.45, 7) is 5.45. The number of aryl methyl sites for hydroxylation is 2. The zero-order valence-corrected chi connectivity index (χ0v) is 20.5. The summed E-state index contributed by atoms with van der Waals surface area (Å²) in [6, 6.07) is 13.0. The van der Waals surface area contributed by atoms with E-state index >= 15 is 0 Å². The molecule has 3 aromatic rings. The number of carbonyl (C=O) groups excluding carboxylic acids is 3. The lowest BCUT2D eigenvalue weighted by Gasteiger charge is -2.23. The molecule has 0 aliphatic carbocycles. The van der Waals surface area contributed by atoms with E-state index in [9.17, 15) is 19.5 Å². The number of esters is 1. The Balaban J connectivity index is 1.91. The molecule has 2 aromatic carbocycles. The quantitative estimate of drug-likeness (QED) is 0.232. The predicted octanol–water partition coefficient (Wildman–Crippen LogP) is 4.57. The molecule has 180 valence electrons. The number of methoxy groups -OCH3 is 1. The van der Waals surface area contributed by atoms with Crippen LogP contribution in [0, 0.1) is 13.8 Å². The molecule has 1 atom stereocenters. The highest BCUT2D eigenvalue weighted by Gasteiger charge is 2.48. The highest BCUT2D eigenvalue weighted by Crippen LogP contribution is 2.44. The van der Waals surface area contributed by atoms with Gasteiger partial charge in [0.15, 0.2) is 5.13 Å². The highest BCUT2D eigenvalue weighted by atomic mass is 32.1. The second kappa shape index (κ2) is 9.71. The summed E-state index contributed by atoms with van der Waals surface area (Å²) in [7, 11) is 1.50. The van der Waals surface area contributed by atoms with Crippen molar-refractivity contribution in [3.05, 3.63) is 81.4 Å². The number of Topliss-reactive ketones (excluding diaryl/α,β-unsaturated/α-hetero) is 1. The number of aliphatic hydroxyl groups excluding tert-OH is 1. The van der Waals surface area contributed by atoms with Gasteiger partial charge in [0.2, 0.25) is 0 Å². The molecule has 0 radical (unpaired) electrons. The Morgan fingerprint density at radius 2 is 1.86 bits per heavy atom. The molecule has 1 unspecified atom stereocenters. The Kier molecular flexibility index (Phi) is 6.70. The number of hydrogen-bond donors (Lipinski definition) is 1. The number of amides is 1. The molecule has 0 saturated carbocycles. The van der Waals surface area contributed by atoms with Crippen molar-refractivity contribution in [3.63, 3.8) is 0 Å². The molecule has 1 aliphatic heterocycles. The number of rotatable bonds is 6. The molecule has 9 heteroatoms. The first kappa shape index (κ1) is 24.2. The number of carbonyl (C=O) groups is 3. The SMILES string of the molecule is CCOC(=O)c1sc(N2C(=O)C(=O)/C(=C(/O)c3cccc(OC)c3)C2c2ccc(C)cc2)nc1C. The predicted molar refractivity (Wildman–Crippen MR) is 132 cm³/mol. The van der Waals surface area contributed by atoms with Crippen molar-refractivity contribution in [3.8, 4) is 5.75 Å². The molecule has 2 heterocycles. The van der Waals surface area contributed by atoms with Crippen LogP contribution in [0.1, 0.15) is 45.0 Å². The van der Waals surface area contributed by atoms with Gasteiger partial charge < -0.3 is 14.6 Å². The minimum absolute atomic E-state index is 0.0716. The summed E-state index contributed by atoms with van der Waals surface area (Å²) in [5.74, 6) is -2.07. The zero-order chi connectivity index (χ0) is 25.3. The van der Waals surface area contributed by atoms with Crippen LogP contribution in [-0.2, 0) is 14.3 Å². The third kappa shape index (κ3) is 4.42. The average Bonchev–Trinajstić information content (AvgIpc) is 3.36. The number of nitrogens with zero attached hydrogens (tertiary/aromatic N) is 2. The van der Waals surface area contributed by atoms with Crippen LogP contribution in [0.2, 0.25) is 0 Å². The van der Waals surface area contributed by atoms with E-state index in [1.54, 1.807) is 50.2 Å². The number of ether oxygens (including phenoxy) is 2. The number of ketones is 1. The number of thiazole rings is 1. The van der Waals surface area contributed by atoms with Gasteiger partial charge in [-0.1, -0.05) is 53.3 Å². The van der Waals surface area contributed by atoms with E-state index in [0.717, 1.165) is 16.9 Å². The maximum Gasteiger partial charge on any atom is 0.350 e. The van der Waals surface area contributed by atoms with Gasteiger partial charge >= 0.3 is 11.9 Å². The molecule has 0 spiro atoms. The van der Waals surface area contributed by atoms with Crippen molar-refractivity contribution in [2.75, 3.05) is 18.6 Å². The third-order valence-corrected chi connectivity index (χ3v) is 6.77. The minimum atomic E-state index is -0.942. The normalized spacial score (nSPS) is 17.0. The number of hydrogen-bond acceptors (Lipinski definition) is 8. The van der Waals surface area contributed by atoms with Crippen LogP contribution in [0.5, 0.6) is 5.75 Å². The topological polar surface area (TPSA) is 106 Å². The fraction of sp³-hybridized carbons (Fsp3) is 0.231. The van der Waals surface area contributed by atoms with Gasteiger partial charge in [0.05, 0.1) is 31.0 Å². The van der Waals surface area contributed by atoms with E-state index < -0.39 is 23.7 Å². The summed E-state index contributed by atoms with van der Waals surface area (Å²) >= 11 is 0.971. The van der Waals surface area contributed by atoms with Crippen LogP contribution in [0.25, 0.3) is 5.76 Å². The van der Waals surface area contributed by atoms with E-state index in [4.69, 9.17) is 9.47 Å². The largest absolute Gasteiger partial charge is 0.507 e. The maximum absolute atomic E-state index is 13.3. The molecule has 1 N–H and O–H groups in total. The standard InChI is InChI=1S/C26H24N2O6S/c1-5-34-25(32)23-15(3)27-26(35-23)28-20(16-11-9-14(2)10-12-16)19(22(30)24(28)31)21(29)17-7-6-8-18(13-17)33-4/h6-13,20,29H,5H2,1-4H3/b21-19+. The van der Waals surface area contributed by atoms with Crippen LogP contribution >= 0.6 is 11.3 Å². The Morgan fingerprint density at radius 1 is 1.14 bits per heavy atom. The molecule has 4 rings (SSSR count). The van der Waals surface area contributed by atoms with Crippen molar-refractivity contribution in [1.82, 2.24) is 4.98 Å².